The first kappa shape index (κ1) is 26.7. The van der Waals surface area contributed by atoms with Gasteiger partial charge in [-0.05, 0) is 88.9 Å². The van der Waals surface area contributed by atoms with Crippen LogP contribution >= 0.6 is 27.3 Å². The van der Waals surface area contributed by atoms with Crippen LogP contribution in [0.2, 0.25) is 0 Å². The number of hydrogen-bond acceptors (Lipinski definition) is 8. The van der Waals surface area contributed by atoms with Crippen molar-refractivity contribution in [1.29, 1.82) is 0 Å². The smallest absolute Gasteiger partial charge is 0.301 e. The molecule has 39 heavy (non-hydrogen) atoms. The SMILES string of the molecule is CCCOc1ccc(/C(O)=C2\C(=O)C(=O)N(c3nc4ccc(C)cc4s3)C2c2cc(Br)c(O)c(OC)c2)cc1. The quantitative estimate of drug-likeness (QED) is 0.140. The number of rotatable bonds is 7. The molecule has 10 heteroatoms. The maximum absolute atomic E-state index is 13.5. The molecule has 0 aliphatic carbocycles. The Labute approximate surface area is 237 Å². The van der Waals surface area contributed by atoms with Gasteiger partial charge in [0.05, 0.1) is 40.0 Å². The van der Waals surface area contributed by atoms with Gasteiger partial charge in [-0.3, -0.25) is 14.5 Å². The van der Waals surface area contributed by atoms with Crippen LogP contribution in [0, 0.1) is 6.92 Å². The average molecular weight is 609 g/mol. The maximum Gasteiger partial charge on any atom is 0.301 e. The first-order valence-electron chi connectivity index (χ1n) is 12.2. The zero-order chi connectivity index (χ0) is 27.8. The molecule has 2 N–H and O–H groups in total. The molecule has 2 heterocycles. The number of phenolic OH excluding ortho intramolecular Hbond substituents is 1. The summed E-state index contributed by atoms with van der Waals surface area (Å²) in [6.07, 6.45) is 0.849. The van der Waals surface area contributed by atoms with Crippen molar-refractivity contribution in [2.45, 2.75) is 26.3 Å². The Hall–Kier alpha value is -3.89. The number of fused-ring (bicyclic) bond motifs is 1. The van der Waals surface area contributed by atoms with E-state index in [0.29, 0.717) is 38.6 Å². The van der Waals surface area contributed by atoms with Crippen LogP contribution in [-0.2, 0) is 9.59 Å². The predicted octanol–water partition coefficient (Wildman–Crippen LogP) is 6.50. The Morgan fingerprint density at radius 1 is 1.13 bits per heavy atom. The van der Waals surface area contributed by atoms with Crippen LogP contribution in [0.15, 0.2) is 64.6 Å². The number of halogens is 1. The summed E-state index contributed by atoms with van der Waals surface area (Å²) in [7, 11) is 1.40. The monoisotopic (exact) mass is 608 g/mol. The predicted molar refractivity (Wildman–Crippen MR) is 154 cm³/mol. The lowest BCUT2D eigenvalue weighted by atomic mass is 9.95. The van der Waals surface area contributed by atoms with Gasteiger partial charge in [0.15, 0.2) is 16.6 Å². The number of ether oxygens (including phenoxy) is 2. The third kappa shape index (κ3) is 4.86. The van der Waals surface area contributed by atoms with E-state index in [4.69, 9.17) is 9.47 Å². The summed E-state index contributed by atoms with van der Waals surface area (Å²) in [6.45, 7) is 4.52. The van der Waals surface area contributed by atoms with E-state index >= 15 is 0 Å². The van der Waals surface area contributed by atoms with Crippen LogP contribution < -0.4 is 14.4 Å². The Bertz CT molecular complexity index is 1630. The summed E-state index contributed by atoms with van der Waals surface area (Å²) in [5, 5.41) is 22.2. The molecule has 1 aromatic heterocycles. The van der Waals surface area contributed by atoms with Crippen LogP contribution in [0.4, 0.5) is 5.13 Å². The van der Waals surface area contributed by atoms with E-state index in [0.717, 1.165) is 16.7 Å². The van der Waals surface area contributed by atoms with Gasteiger partial charge in [0, 0.05) is 5.56 Å². The number of aliphatic hydroxyl groups is 1. The Kier molecular flexibility index (Phi) is 7.33. The Morgan fingerprint density at radius 2 is 1.87 bits per heavy atom. The van der Waals surface area contributed by atoms with Gasteiger partial charge in [0.2, 0.25) is 0 Å². The maximum atomic E-state index is 13.5. The number of aromatic hydroxyl groups is 1. The molecule has 5 rings (SSSR count). The van der Waals surface area contributed by atoms with Crippen molar-refractivity contribution in [2.75, 3.05) is 18.6 Å². The summed E-state index contributed by atoms with van der Waals surface area (Å²) in [6, 6.07) is 14.5. The van der Waals surface area contributed by atoms with E-state index in [1.807, 2.05) is 32.0 Å². The number of thiazole rings is 1. The zero-order valence-corrected chi connectivity index (χ0v) is 23.8. The fraction of sp³-hybridized carbons (Fsp3) is 0.207. The molecule has 1 unspecified atom stereocenters. The van der Waals surface area contributed by atoms with Gasteiger partial charge in [-0.1, -0.05) is 24.3 Å². The largest absolute Gasteiger partial charge is 0.507 e. The minimum Gasteiger partial charge on any atom is -0.507 e. The first-order chi connectivity index (χ1) is 18.7. The number of benzene rings is 3. The molecule has 1 aliphatic rings. The molecule has 1 atom stereocenters. The lowest BCUT2D eigenvalue weighted by Crippen LogP contribution is -2.29. The van der Waals surface area contributed by atoms with Gasteiger partial charge in [-0.25, -0.2) is 4.98 Å². The summed E-state index contributed by atoms with van der Waals surface area (Å²) in [5.74, 6) is -1.35. The minimum atomic E-state index is -1.03. The fourth-order valence-corrected chi connectivity index (χ4v) is 6.01. The number of methoxy groups -OCH3 is 1. The highest BCUT2D eigenvalue weighted by Gasteiger charge is 2.48. The van der Waals surface area contributed by atoms with Gasteiger partial charge in [0.25, 0.3) is 5.78 Å². The molecule has 200 valence electrons. The number of carbonyl (C=O) groups excluding carboxylic acids is 2. The van der Waals surface area contributed by atoms with E-state index in [1.165, 1.54) is 29.4 Å². The second-order valence-electron chi connectivity index (χ2n) is 9.06. The fourth-order valence-electron chi connectivity index (χ4n) is 4.46. The lowest BCUT2D eigenvalue weighted by molar-refractivity contribution is -0.132. The van der Waals surface area contributed by atoms with Crippen LogP contribution in [0.25, 0.3) is 16.0 Å². The number of aliphatic hydroxyl groups excluding tert-OH is 1. The first-order valence-corrected chi connectivity index (χ1v) is 13.8. The van der Waals surface area contributed by atoms with E-state index in [-0.39, 0.29) is 22.8 Å². The van der Waals surface area contributed by atoms with E-state index < -0.39 is 17.7 Å². The Morgan fingerprint density at radius 3 is 2.56 bits per heavy atom. The second-order valence-corrected chi connectivity index (χ2v) is 10.9. The van der Waals surface area contributed by atoms with Crippen molar-refractivity contribution in [3.63, 3.8) is 0 Å². The van der Waals surface area contributed by atoms with Crippen molar-refractivity contribution in [2.24, 2.45) is 0 Å². The highest BCUT2D eigenvalue weighted by atomic mass is 79.9. The van der Waals surface area contributed by atoms with Gasteiger partial charge in [0.1, 0.15) is 11.5 Å². The summed E-state index contributed by atoms with van der Waals surface area (Å²) in [4.78, 5) is 33.0. The Balaban J connectivity index is 1.70. The molecule has 1 saturated heterocycles. The number of Topliss-reactive ketones (excluding diaryl/α,β-unsaturated/α-hetero) is 1. The number of ketones is 1. The van der Waals surface area contributed by atoms with Crippen molar-refractivity contribution in [1.82, 2.24) is 4.98 Å². The molecule has 0 saturated carbocycles. The molecule has 1 amide bonds. The van der Waals surface area contributed by atoms with Gasteiger partial charge in [-0.2, -0.15) is 0 Å². The van der Waals surface area contributed by atoms with Gasteiger partial charge in [-0.15, -0.1) is 0 Å². The standard InChI is InChI=1S/C29H25BrN2O6S/c1-4-11-38-18-8-6-16(7-9-18)25(33)23-24(17-13-19(30)26(34)21(14-17)37-3)32(28(36)27(23)35)29-31-20-10-5-15(2)12-22(20)39-29/h5-10,12-14,24,33-34H,4,11H2,1-3H3/b25-23+. The van der Waals surface area contributed by atoms with Crippen molar-refractivity contribution < 1.29 is 29.3 Å². The number of nitrogens with zero attached hydrogens (tertiary/aromatic N) is 2. The highest BCUT2D eigenvalue weighted by molar-refractivity contribution is 9.10. The molecule has 3 aromatic carbocycles. The zero-order valence-electron chi connectivity index (χ0n) is 21.4. The molecular formula is C29H25BrN2O6S. The van der Waals surface area contributed by atoms with Crippen LogP contribution in [-0.4, -0.2) is 40.6 Å². The second kappa shape index (κ2) is 10.7. The molecule has 0 bridgehead atoms. The molecule has 0 radical (unpaired) electrons. The summed E-state index contributed by atoms with van der Waals surface area (Å²) >= 11 is 4.61. The number of anilines is 1. The summed E-state index contributed by atoms with van der Waals surface area (Å²) < 4.78 is 12.1. The molecule has 0 spiro atoms. The van der Waals surface area contributed by atoms with Gasteiger partial charge < -0.3 is 19.7 Å². The number of hydrogen-bond donors (Lipinski definition) is 2. The normalized spacial score (nSPS) is 16.7. The van der Waals surface area contributed by atoms with E-state index in [9.17, 15) is 19.8 Å². The average Bonchev–Trinajstić information content (AvgIpc) is 3.46. The molecule has 1 fully saturated rings. The van der Waals surface area contributed by atoms with Crippen LogP contribution in [0.5, 0.6) is 17.2 Å². The molecule has 8 nitrogen and oxygen atoms in total. The number of amides is 1. The van der Waals surface area contributed by atoms with Crippen LogP contribution in [0.3, 0.4) is 0 Å². The number of aromatic nitrogens is 1. The lowest BCUT2D eigenvalue weighted by Gasteiger charge is -2.24. The number of aryl methyl sites for hydroxylation is 1. The minimum absolute atomic E-state index is 0.0997. The van der Waals surface area contributed by atoms with E-state index in [1.54, 1.807) is 30.3 Å². The third-order valence-corrected chi connectivity index (χ3v) is 7.99. The van der Waals surface area contributed by atoms with Gasteiger partial charge >= 0.3 is 5.91 Å². The topological polar surface area (TPSA) is 109 Å². The van der Waals surface area contributed by atoms with Crippen molar-refractivity contribution in [3.05, 3.63) is 81.3 Å². The van der Waals surface area contributed by atoms with E-state index in [2.05, 4.69) is 20.9 Å². The number of carbonyl (C=O) groups is 2. The van der Waals surface area contributed by atoms with Crippen molar-refractivity contribution in [3.8, 4) is 17.2 Å². The molecule has 1 aliphatic heterocycles. The highest BCUT2D eigenvalue weighted by Crippen LogP contribution is 2.47. The summed E-state index contributed by atoms with van der Waals surface area (Å²) in [5.41, 5.74) is 2.42. The number of phenols is 1. The van der Waals surface area contributed by atoms with Crippen molar-refractivity contribution >= 4 is 60.1 Å². The molecule has 4 aromatic rings. The van der Waals surface area contributed by atoms with Crippen LogP contribution in [0.1, 0.15) is 36.1 Å². The molecular weight excluding hydrogens is 584 g/mol. The third-order valence-electron chi connectivity index (χ3n) is 6.37.